The molecule has 62 valence electrons. The molecule has 0 bridgehead atoms. The molecule has 0 unspecified atom stereocenters. The lowest BCUT2D eigenvalue weighted by Crippen LogP contribution is -2.39. The highest BCUT2D eigenvalue weighted by Crippen LogP contribution is 1.83. The van der Waals surface area contributed by atoms with Gasteiger partial charge in [-0.2, -0.15) is 0 Å². The van der Waals surface area contributed by atoms with Crippen LogP contribution in [0.2, 0.25) is 0 Å². The molecule has 0 aliphatic carbocycles. The molecule has 0 rings (SSSR count). The van der Waals surface area contributed by atoms with E-state index >= 15 is 0 Å². The minimum atomic E-state index is -0.329. The Labute approximate surface area is 67.8 Å². The second-order valence-corrected chi connectivity index (χ2v) is 1.91. The maximum atomic E-state index is 10.7. The number of likely N-dealkylation sites (N-methyl/N-ethyl adjacent to an activating group) is 1. The summed E-state index contributed by atoms with van der Waals surface area (Å²) in [5.74, 6) is -0.0556. The Kier molecular flexibility index (Phi) is 8.48. The summed E-state index contributed by atoms with van der Waals surface area (Å²) in [4.78, 5) is 10.7. The average Bonchev–Trinajstić information content (AvgIpc) is 1.87. The summed E-state index contributed by atoms with van der Waals surface area (Å²) in [7, 11) is 0. The van der Waals surface area contributed by atoms with Gasteiger partial charge in [0.05, 0.1) is 6.04 Å². The summed E-state index contributed by atoms with van der Waals surface area (Å²) < 4.78 is 0. The third-order valence-corrected chi connectivity index (χ3v) is 1.13. The number of hydrogen-bond donors (Lipinski definition) is 2. The Morgan fingerprint density at radius 3 is 2.40 bits per heavy atom. The minimum Gasteiger partial charge on any atom is -0.355 e. The third kappa shape index (κ3) is 4.58. The van der Waals surface area contributed by atoms with Crippen LogP contribution in [0.3, 0.4) is 0 Å². The van der Waals surface area contributed by atoms with E-state index in [1.807, 2.05) is 13.8 Å². The maximum Gasteiger partial charge on any atom is 0.236 e. The van der Waals surface area contributed by atoms with Crippen molar-refractivity contribution < 1.29 is 4.79 Å². The van der Waals surface area contributed by atoms with Crippen molar-refractivity contribution in [2.75, 3.05) is 6.54 Å². The van der Waals surface area contributed by atoms with Gasteiger partial charge in [0.2, 0.25) is 5.91 Å². The van der Waals surface area contributed by atoms with Crippen LogP contribution < -0.4 is 11.1 Å². The second-order valence-electron chi connectivity index (χ2n) is 1.91. The van der Waals surface area contributed by atoms with Gasteiger partial charge >= 0.3 is 0 Å². The molecule has 0 aromatic heterocycles. The number of halogens is 1. The van der Waals surface area contributed by atoms with Gasteiger partial charge in [-0.15, -0.1) is 12.4 Å². The zero-order valence-corrected chi connectivity index (χ0v) is 7.20. The van der Waals surface area contributed by atoms with Gasteiger partial charge in [0.25, 0.3) is 0 Å². The summed E-state index contributed by atoms with van der Waals surface area (Å²) in [5, 5.41) is 2.63. The van der Waals surface area contributed by atoms with Crippen LogP contribution in [0.5, 0.6) is 0 Å². The summed E-state index contributed by atoms with van der Waals surface area (Å²) in [6.45, 7) is 4.42. The van der Waals surface area contributed by atoms with Crippen LogP contribution in [0.15, 0.2) is 0 Å². The Balaban J connectivity index is 0. The predicted molar refractivity (Wildman–Crippen MR) is 44.2 cm³/mol. The van der Waals surface area contributed by atoms with E-state index in [0.29, 0.717) is 13.0 Å². The molecule has 0 spiro atoms. The minimum absolute atomic E-state index is 0. The van der Waals surface area contributed by atoms with E-state index in [1.54, 1.807) is 0 Å². The van der Waals surface area contributed by atoms with E-state index in [9.17, 15) is 4.79 Å². The van der Waals surface area contributed by atoms with E-state index in [2.05, 4.69) is 5.32 Å². The smallest absolute Gasteiger partial charge is 0.236 e. The Morgan fingerprint density at radius 1 is 1.60 bits per heavy atom. The molecule has 1 amide bonds. The number of rotatable bonds is 3. The fourth-order valence-corrected chi connectivity index (χ4v) is 0.491. The van der Waals surface area contributed by atoms with Crippen molar-refractivity contribution in [3.05, 3.63) is 0 Å². The van der Waals surface area contributed by atoms with E-state index in [0.717, 1.165) is 0 Å². The summed E-state index contributed by atoms with van der Waals surface area (Å²) in [6.07, 6.45) is 0.700. The summed E-state index contributed by atoms with van der Waals surface area (Å²) in [5.41, 5.74) is 5.39. The molecule has 0 aromatic carbocycles. The highest BCUT2D eigenvalue weighted by molar-refractivity contribution is 5.85. The van der Waals surface area contributed by atoms with E-state index in [1.165, 1.54) is 0 Å². The molecule has 3 N–H and O–H groups in total. The van der Waals surface area contributed by atoms with Crippen molar-refractivity contribution in [1.82, 2.24) is 5.32 Å². The van der Waals surface area contributed by atoms with Crippen molar-refractivity contribution in [2.24, 2.45) is 5.73 Å². The SMILES string of the molecule is CCNC(=O)[C@H](N)CC.Cl. The molecule has 0 heterocycles. The van der Waals surface area contributed by atoms with Gasteiger partial charge in [-0.05, 0) is 13.3 Å². The van der Waals surface area contributed by atoms with Crippen molar-refractivity contribution in [2.45, 2.75) is 26.3 Å². The van der Waals surface area contributed by atoms with Crippen molar-refractivity contribution in [3.63, 3.8) is 0 Å². The van der Waals surface area contributed by atoms with Crippen LogP contribution in [0.25, 0.3) is 0 Å². The summed E-state index contributed by atoms with van der Waals surface area (Å²) >= 11 is 0. The molecule has 4 heteroatoms. The fraction of sp³-hybridized carbons (Fsp3) is 0.833. The molecule has 0 aliphatic rings. The largest absolute Gasteiger partial charge is 0.355 e. The molecule has 0 fully saturated rings. The lowest BCUT2D eigenvalue weighted by atomic mass is 10.2. The van der Waals surface area contributed by atoms with Gasteiger partial charge in [0, 0.05) is 6.54 Å². The number of nitrogens with one attached hydrogen (secondary N) is 1. The van der Waals surface area contributed by atoms with Crippen molar-refractivity contribution in [3.8, 4) is 0 Å². The zero-order valence-electron chi connectivity index (χ0n) is 6.39. The number of carbonyl (C=O) groups excluding carboxylic acids is 1. The van der Waals surface area contributed by atoms with E-state index in [4.69, 9.17) is 5.73 Å². The highest BCUT2D eigenvalue weighted by Gasteiger charge is 2.07. The van der Waals surface area contributed by atoms with Crippen LogP contribution in [0, 0.1) is 0 Å². The maximum absolute atomic E-state index is 10.7. The second kappa shape index (κ2) is 6.83. The quantitative estimate of drug-likeness (QED) is 0.633. The molecule has 0 saturated heterocycles. The van der Waals surface area contributed by atoms with Gasteiger partial charge in [0.1, 0.15) is 0 Å². The van der Waals surface area contributed by atoms with E-state index in [-0.39, 0.29) is 24.4 Å². The Morgan fingerprint density at radius 2 is 2.10 bits per heavy atom. The lowest BCUT2D eigenvalue weighted by Gasteiger charge is -2.06. The van der Waals surface area contributed by atoms with Gasteiger partial charge in [-0.25, -0.2) is 0 Å². The van der Waals surface area contributed by atoms with Gasteiger partial charge in [0.15, 0.2) is 0 Å². The number of hydrogen-bond acceptors (Lipinski definition) is 2. The topological polar surface area (TPSA) is 55.1 Å². The van der Waals surface area contributed by atoms with Gasteiger partial charge < -0.3 is 11.1 Å². The third-order valence-electron chi connectivity index (χ3n) is 1.13. The monoisotopic (exact) mass is 166 g/mol. The zero-order chi connectivity index (χ0) is 7.28. The van der Waals surface area contributed by atoms with Crippen molar-refractivity contribution in [1.29, 1.82) is 0 Å². The molecular weight excluding hydrogens is 152 g/mol. The van der Waals surface area contributed by atoms with Crippen LogP contribution in [0.1, 0.15) is 20.3 Å². The number of amides is 1. The fourth-order valence-electron chi connectivity index (χ4n) is 0.491. The molecule has 10 heavy (non-hydrogen) atoms. The first-order chi connectivity index (χ1) is 4.22. The molecule has 1 atom stereocenters. The first-order valence-electron chi connectivity index (χ1n) is 3.25. The molecular formula is C6H15ClN2O. The summed E-state index contributed by atoms with van der Waals surface area (Å²) in [6, 6.07) is -0.329. The standard InChI is InChI=1S/C6H14N2O.ClH/c1-3-5(7)6(9)8-4-2;/h5H,3-4,7H2,1-2H3,(H,8,9);1H/t5-;/m1./s1. The average molecular weight is 167 g/mol. The Hall–Kier alpha value is -0.280. The lowest BCUT2D eigenvalue weighted by molar-refractivity contribution is -0.122. The van der Waals surface area contributed by atoms with Crippen LogP contribution in [-0.2, 0) is 4.79 Å². The number of nitrogens with two attached hydrogens (primary N) is 1. The van der Waals surface area contributed by atoms with Gasteiger partial charge in [-0.1, -0.05) is 6.92 Å². The molecule has 0 aromatic rings. The number of carbonyl (C=O) groups is 1. The molecule has 3 nitrogen and oxygen atoms in total. The van der Waals surface area contributed by atoms with Crippen LogP contribution in [0.4, 0.5) is 0 Å². The van der Waals surface area contributed by atoms with Gasteiger partial charge in [-0.3, -0.25) is 4.79 Å². The Bertz CT molecular complexity index is 97.7. The first-order valence-corrected chi connectivity index (χ1v) is 3.25. The van der Waals surface area contributed by atoms with Crippen LogP contribution >= 0.6 is 12.4 Å². The first kappa shape index (κ1) is 12.4. The molecule has 0 saturated carbocycles. The van der Waals surface area contributed by atoms with E-state index < -0.39 is 0 Å². The predicted octanol–water partition coefficient (Wildman–Crippen LogP) is 0.282. The molecule has 0 aliphatic heterocycles. The molecule has 0 radical (unpaired) electrons. The normalized spacial score (nSPS) is 11.5. The van der Waals surface area contributed by atoms with Crippen molar-refractivity contribution >= 4 is 18.3 Å². The van der Waals surface area contributed by atoms with Crippen LogP contribution in [-0.4, -0.2) is 18.5 Å². The highest BCUT2D eigenvalue weighted by atomic mass is 35.5.